The second-order valence-corrected chi connectivity index (χ2v) is 7.29. The molecule has 1 aliphatic rings. The van der Waals surface area contributed by atoms with Gasteiger partial charge in [0.15, 0.2) is 0 Å². The standard InChI is InChI=1S/C21H27N3O4/c1-14-13-23(11-4-12-28-14)21(27)17-5-7-18(8-6-17)24-16(3)19(15(2)22-24)9-10-20(25)26/h5-8,14H,4,9-13H2,1-3H3,(H,25,26). The molecule has 1 fully saturated rings. The molecule has 1 N–H and O–H groups in total. The van der Waals surface area contributed by atoms with E-state index in [0.29, 0.717) is 31.7 Å². The number of aryl methyl sites for hydroxylation is 1. The van der Waals surface area contributed by atoms with Crippen LogP contribution in [0.4, 0.5) is 0 Å². The Hall–Kier alpha value is -2.67. The average Bonchev–Trinajstić information content (AvgIpc) is 2.82. The zero-order valence-electron chi connectivity index (χ0n) is 16.6. The normalized spacial score (nSPS) is 17.4. The molecule has 1 aromatic carbocycles. The van der Waals surface area contributed by atoms with Crippen molar-refractivity contribution in [1.29, 1.82) is 0 Å². The highest BCUT2D eigenvalue weighted by Crippen LogP contribution is 2.20. The summed E-state index contributed by atoms with van der Waals surface area (Å²) in [6.07, 6.45) is 1.43. The van der Waals surface area contributed by atoms with E-state index in [2.05, 4.69) is 5.10 Å². The van der Waals surface area contributed by atoms with Gasteiger partial charge in [-0.1, -0.05) is 0 Å². The quantitative estimate of drug-likeness (QED) is 0.855. The molecule has 1 aromatic heterocycles. The fraction of sp³-hybridized carbons (Fsp3) is 0.476. The Balaban J connectivity index is 1.78. The zero-order chi connectivity index (χ0) is 20.3. The topological polar surface area (TPSA) is 84.7 Å². The number of aliphatic carboxylic acids is 1. The summed E-state index contributed by atoms with van der Waals surface area (Å²) in [6, 6.07) is 7.40. The van der Waals surface area contributed by atoms with Gasteiger partial charge in [-0.2, -0.15) is 5.10 Å². The van der Waals surface area contributed by atoms with Crippen LogP contribution in [0.2, 0.25) is 0 Å². The van der Waals surface area contributed by atoms with Gasteiger partial charge in [-0.25, -0.2) is 4.68 Å². The van der Waals surface area contributed by atoms with Gasteiger partial charge in [0, 0.05) is 37.4 Å². The van der Waals surface area contributed by atoms with Crippen molar-refractivity contribution in [1.82, 2.24) is 14.7 Å². The number of hydrogen-bond acceptors (Lipinski definition) is 4. The van der Waals surface area contributed by atoms with Gasteiger partial charge in [0.05, 0.1) is 17.5 Å². The van der Waals surface area contributed by atoms with Crippen LogP contribution in [0, 0.1) is 13.8 Å². The lowest BCUT2D eigenvalue weighted by molar-refractivity contribution is -0.136. The van der Waals surface area contributed by atoms with E-state index in [0.717, 1.165) is 29.1 Å². The van der Waals surface area contributed by atoms with Crippen LogP contribution in [-0.2, 0) is 16.0 Å². The molecule has 7 nitrogen and oxygen atoms in total. The van der Waals surface area contributed by atoms with E-state index in [1.165, 1.54) is 0 Å². The number of nitrogens with zero attached hydrogens (tertiary/aromatic N) is 3. The highest BCUT2D eigenvalue weighted by Gasteiger charge is 2.21. The largest absolute Gasteiger partial charge is 0.481 e. The average molecular weight is 385 g/mol. The van der Waals surface area contributed by atoms with Gasteiger partial charge in [0.25, 0.3) is 5.91 Å². The Kier molecular flexibility index (Phi) is 6.14. The summed E-state index contributed by atoms with van der Waals surface area (Å²) in [5.74, 6) is -0.804. The minimum atomic E-state index is -0.817. The van der Waals surface area contributed by atoms with E-state index in [9.17, 15) is 9.59 Å². The minimum absolute atomic E-state index is 0.0133. The monoisotopic (exact) mass is 385 g/mol. The first-order valence-corrected chi connectivity index (χ1v) is 9.65. The Morgan fingerprint density at radius 3 is 2.64 bits per heavy atom. The molecule has 1 atom stereocenters. The lowest BCUT2D eigenvalue weighted by atomic mass is 10.1. The van der Waals surface area contributed by atoms with E-state index < -0.39 is 5.97 Å². The van der Waals surface area contributed by atoms with Gasteiger partial charge in [0.1, 0.15) is 0 Å². The van der Waals surface area contributed by atoms with Crippen LogP contribution >= 0.6 is 0 Å². The van der Waals surface area contributed by atoms with Crippen LogP contribution in [0.5, 0.6) is 0 Å². The number of carbonyl (C=O) groups excluding carboxylic acids is 1. The summed E-state index contributed by atoms with van der Waals surface area (Å²) < 4.78 is 7.42. The summed E-state index contributed by atoms with van der Waals surface area (Å²) in [4.78, 5) is 25.5. The van der Waals surface area contributed by atoms with Crippen LogP contribution in [0.15, 0.2) is 24.3 Å². The number of carboxylic acids is 1. The maximum atomic E-state index is 12.8. The summed E-state index contributed by atoms with van der Waals surface area (Å²) >= 11 is 0. The van der Waals surface area contributed by atoms with Crippen LogP contribution in [0.1, 0.15) is 47.1 Å². The van der Waals surface area contributed by atoms with Gasteiger partial charge in [-0.3, -0.25) is 9.59 Å². The first-order valence-electron chi connectivity index (χ1n) is 9.65. The molecule has 1 unspecified atom stereocenters. The maximum absolute atomic E-state index is 12.8. The minimum Gasteiger partial charge on any atom is -0.481 e. The van der Waals surface area contributed by atoms with Crippen molar-refractivity contribution in [2.24, 2.45) is 0 Å². The molecule has 0 spiro atoms. The molecule has 1 amide bonds. The van der Waals surface area contributed by atoms with Gasteiger partial charge in [0.2, 0.25) is 0 Å². The van der Waals surface area contributed by atoms with Crippen LogP contribution < -0.4 is 0 Å². The molecule has 1 saturated heterocycles. The fourth-order valence-electron chi connectivity index (χ4n) is 3.63. The first-order chi connectivity index (χ1) is 13.4. The second kappa shape index (κ2) is 8.56. The predicted octanol–water partition coefficient (Wildman–Crippen LogP) is 2.76. The molecule has 2 heterocycles. The lowest BCUT2D eigenvalue weighted by Gasteiger charge is -2.22. The molecule has 2 aromatic rings. The predicted molar refractivity (Wildman–Crippen MR) is 105 cm³/mol. The number of hydrogen-bond donors (Lipinski definition) is 1. The van der Waals surface area contributed by atoms with Crippen LogP contribution in [0.25, 0.3) is 5.69 Å². The second-order valence-electron chi connectivity index (χ2n) is 7.29. The summed E-state index contributed by atoms with van der Waals surface area (Å²) in [7, 11) is 0. The molecule has 0 aliphatic carbocycles. The number of carbonyl (C=O) groups is 2. The van der Waals surface area contributed by atoms with Gasteiger partial charge in [-0.15, -0.1) is 0 Å². The number of ether oxygens (including phenoxy) is 1. The van der Waals surface area contributed by atoms with Gasteiger partial charge >= 0.3 is 5.97 Å². The van der Waals surface area contributed by atoms with Crippen LogP contribution in [0.3, 0.4) is 0 Å². The maximum Gasteiger partial charge on any atom is 0.303 e. The smallest absolute Gasteiger partial charge is 0.303 e. The molecule has 7 heteroatoms. The molecular weight excluding hydrogens is 358 g/mol. The number of benzene rings is 1. The van der Waals surface area contributed by atoms with E-state index in [4.69, 9.17) is 9.84 Å². The van der Waals surface area contributed by atoms with Crippen molar-refractivity contribution < 1.29 is 19.4 Å². The van der Waals surface area contributed by atoms with Crippen molar-refractivity contribution in [2.45, 2.75) is 46.1 Å². The summed E-state index contributed by atoms with van der Waals surface area (Å²) in [5, 5.41) is 13.5. The third-order valence-electron chi connectivity index (χ3n) is 5.13. The number of rotatable bonds is 5. The lowest BCUT2D eigenvalue weighted by Crippen LogP contribution is -2.35. The molecule has 1 aliphatic heterocycles. The number of carboxylic acid groups (broad SMARTS) is 1. The zero-order valence-corrected chi connectivity index (χ0v) is 16.6. The molecule has 28 heavy (non-hydrogen) atoms. The third kappa shape index (κ3) is 4.42. The molecule has 0 radical (unpaired) electrons. The number of aromatic nitrogens is 2. The fourth-order valence-corrected chi connectivity index (χ4v) is 3.63. The third-order valence-corrected chi connectivity index (χ3v) is 5.13. The van der Waals surface area contributed by atoms with Crippen molar-refractivity contribution in [3.8, 4) is 5.69 Å². The Labute approximate surface area is 164 Å². The van der Waals surface area contributed by atoms with Crippen molar-refractivity contribution in [3.05, 3.63) is 46.8 Å². The molecule has 0 saturated carbocycles. The Bertz CT molecular complexity index is 857. The first kappa shape index (κ1) is 20.1. The SMILES string of the molecule is Cc1nn(-c2ccc(C(=O)N3CCCOC(C)C3)cc2)c(C)c1CCC(=O)O. The van der Waals surface area contributed by atoms with E-state index in [1.54, 1.807) is 0 Å². The van der Waals surface area contributed by atoms with E-state index in [1.807, 2.05) is 54.6 Å². The molecule has 150 valence electrons. The van der Waals surface area contributed by atoms with Crippen molar-refractivity contribution >= 4 is 11.9 Å². The van der Waals surface area contributed by atoms with Gasteiger partial charge < -0.3 is 14.7 Å². The summed E-state index contributed by atoms with van der Waals surface area (Å²) in [6.45, 7) is 7.81. The molecule has 3 rings (SSSR count). The number of amides is 1. The highest BCUT2D eigenvalue weighted by molar-refractivity contribution is 5.94. The van der Waals surface area contributed by atoms with E-state index >= 15 is 0 Å². The Morgan fingerprint density at radius 1 is 1.25 bits per heavy atom. The Morgan fingerprint density at radius 2 is 1.96 bits per heavy atom. The molecular formula is C21H27N3O4. The van der Waals surface area contributed by atoms with Crippen molar-refractivity contribution in [3.63, 3.8) is 0 Å². The van der Waals surface area contributed by atoms with Crippen molar-refractivity contribution in [2.75, 3.05) is 19.7 Å². The van der Waals surface area contributed by atoms with Crippen LogP contribution in [-0.4, -0.2) is 57.5 Å². The van der Waals surface area contributed by atoms with Gasteiger partial charge in [-0.05, 0) is 63.4 Å². The highest BCUT2D eigenvalue weighted by atomic mass is 16.5. The summed E-state index contributed by atoms with van der Waals surface area (Å²) in [5.41, 5.74) is 4.21. The molecule has 0 bridgehead atoms. The van der Waals surface area contributed by atoms with E-state index in [-0.39, 0.29) is 18.4 Å².